The van der Waals surface area contributed by atoms with E-state index in [1.54, 1.807) is 6.07 Å². The summed E-state index contributed by atoms with van der Waals surface area (Å²) in [6.07, 6.45) is -3.07. The Kier molecular flexibility index (Phi) is 4.59. The van der Waals surface area contributed by atoms with E-state index in [4.69, 9.17) is 0 Å². The van der Waals surface area contributed by atoms with Crippen molar-refractivity contribution in [3.8, 4) is 0 Å². The summed E-state index contributed by atoms with van der Waals surface area (Å²) in [5, 5.41) is 5.93. The van der Waals surface area contributed by atoms with Gasteiger partial charge >= 0.3 is 6.18 Å². The minimum absolute atomic E-state index is 0.0674. The standard InChI is InChI=1S/C16H17F3N2OS/c17-16(18,19)10-21-7-4-12(5-8-21)20-15(22)13-3-1-2-11-6-9-23-14(11)13/h1-3,6,9,12H,4-5,7-8,10H2,(H,20,22). The van der Waals surface area contributed by atoms with E-state index in [2.05, 4.69) is 5.32 Å². The number of hydrogen-bond acceptors (Lipinski definition) is 3. The highest BCUT2D eigenvalue weighted by molar-refractivity contribution is 7.17. The first kappa shape index (κ1) is 16.3. The molecule has 0 bridgehead atoms. The fraction of sp³-hybridized carbons (Fsp3) is 0.438. The van der Waals surface area contributed by atoms with Crippen LogP contribution in [0.4, 0.5) is 13.2 Å². The fourth-order valence-corrected chi connectivity index (χ4v) is 3.83. The van der Waals surface area contributed by atoms with Gasteiger partial charge in [0.2, 0.25) is 0 Å². The first-order chi connectivity index (χ1) is 10.9. The van der Waals surface area contributed by atoms with Crippen molar-refractivity contribution in [1.29, 1.82) is 0 Å². The van der Waals surface area contributed by atoms with Crippen molar-refractivity contribution in [2.24, 2.45) is 0 Å². The van der Waals surface area contributed by atoms with E-state index in [0.29, 0.717) is 31.5 Å². The molecule has 1 saturated heterocycles. The zero-order chi connectivity index (χ0) is 16.4. The fourth-order valence-electron chi connectivity index (χ4n) is 2.92. The average Bonchev–Trinajstić information content (AvgIpc) is 2.96. The molecule has 23 heavy (non-hydrogen) atoms. The van der Waals surface area contributed by atoms with E-state index in [0.717, 1.165) is 10.1 Å². The predicted molar refractivity (Wildman–Crippen MR) is 84.8 cm³/mol. The second-order valence-corrected chi connectivity index (χ2v) is 6.70. The number of amides is 1. The molecular weight excluding hydrogens is 325 g/mol. The molecule has 124 valence electrons. The Balaban J connectivity index is 1.59. The van der Waals surface area contributed by atoms with E-state index >= 15 is 0 Å². The molecular formula is C16H17F3N2OS. The minimum Gasteiger partial charge on any atom is -0.349 e. The lowest BCUT2D eigenvalue weighted by atomic mass is 10.0. The molecule has 7 heteroatoms. The number of likely N-dealkylation sites (tertiary alicyclic amines) is 1. The number of fused-ring (bicyclic) bond motifs is 1. The topological polar surface area (TPSA) is 32.3 Å². The van der Waals surface area contributed by atoms with Crippen LogP contribution in [0.5, 0.6) is 0 Å². The maximum absolute atomic E-state index is 12.4. The number of rotatable bonds is 3. The number of nitrogens with zero attached hydrogens (tertiary/aromatic N) is 1. The second kappa shape index (κ2) is 6.49. The predicted octanol–water partition coefficient (Wildman–Crippen LogP) is 3.66. The summed E-state index contributed by atoms with van der Waals surface area (Å²) < 4.78 is 38.1. The summed E-state index contributed by atoms with van der Waals surface area (Å²) in [5.41, 5.74) is 0.634. The van der Waals surface area contributed by atoms with Gasteiger partial charge in [0.05, 0.1) is 12.1 Å². The summed E-state index contributed by atoms with van der Waals surface area (Å²) in [6.45, 7) is -0.163. The minimum atomic E-state index is -4.16. The van der Waals surface area contributed by atoms with Gasteiger partial charge in [-0.3, -0.25) is 9.69 Å². The van der Waals surface area contributed by atoms with Crippen LogP contribution >= 0.6 is 11.3 Å². The highest BCUT2D eigenvalue weighted by Gasteiger charge is 2.32. The molecule has 1 aromatic heterocycles. The van der Waals surface area contributed by atoms with Crippen molar-refractivity contribution >= 4 is 27.3 Å². The van der Waals surface area contributed by atoms with Gasteiger partial charge in [-0.15, -0.1) is 11.3 Å². The third-order valence-corrected chi connectivity index (χ3v) is 5.01. The van der Waals surface area contributed by atoms with Gasteiger partial charge in [-0.05, 0) is 35.7 Å². The number of thiophene rings is 1. The summed E-state index contributed by atoms with van der Waals surface area (Å²) >= 11 is 1.52. The van der Waals surface area contributed by atoms with Crippen LogP contribution in [0.1, 0.15) is 23.2 Å². The van der Waals surface area contributed by atoms with Gasteiger partial charge in [-0.25, -0.2) is 0 Å². The lowest BCUT2D eigenvalue weighted by Crippen LogP contribution is -2.47. The lowest BCUT2D eigenvalue weighted by molar-refractivity contribution is -0.148. The van der Waals surface area contributed by atoms with Crippen molar-refractivity contribution in [3.05, 3.63) is 35.2 Å². The summed E-state index contributed by atoms with van der Waals surface area (Å²) in [7, 11) is 0. The molecule has 0 saturated carbocycles. The Labute approximate surface area is 136 Å². The first-order valence-corrected chi connectivity index (χ1v) is 8.36. The summed E-state index contributed by atoms with van der Waals surface area (Å²) in [4.78, 5) is 13.8. The molecule has 1 aliphatic heterocycles. The SMILES string of the molecule is O=C(NC1CCN(CC(F)(F)F)CC1)c1cccc2ccsc12. The van der Waals surface area contributed by atoms with Crippen molar-refractivity contribution in [2.75, 3.05) is 19.6 Å². The van der Waals surface area contributed by atoms with Crippen LogP contribution in [-0.4, -0.2) is 42.7 Å². The first-order valence-electron chi connectivity index (χ1n) is 7.48. The molecule has 2 heterocycles. The second-order valence-electron chi connectivity index (χ2n) is 5.78. The van der Waals surface area contributed by atoms with Gasteiger partial charge in [0.15, 0.2) is 0 Å². The molecule has 1 N–H and O–H groups in total. The van der Waals surface area contributed by atoms with Crippen LogP contribution in [0.3, 0.4) is 0 Å². The molecule has 3 nitrogen and oxygen atoms in total. The third kappa shape index (κ3) is 4.03. The number of halogens is 3. The molecule has 3 rings (SSSR count). The number of carbonyl (C=O) groups is 1. The van der Waals surface area contributed by atoms with Crippen molar-refractivity contribution in [2.45, 2.75) is 25.1 Å². The number of nitrogens with one attached hydrogen (secondary N) is 1. The molecule has 0 unspecified atom stereocenters. The Morgan fingerprint density at radius 1 is 1.26 bits per heavy atom. The van der Waals surface area contributed by atoms with Crippen LogP contribution < -0.4 is 5.32 Å². The lowest BCUT2D eigenvalue weighted by Gasteiger charge is -2.32. The van der Waals surface area contributed by atoms with E-state index < -0.39 is 12.7 Å². The van der Waals surface area contributed by atoms with Gasteiger partial charge in [-0.2, -0.15) is 13.2 Å². The number of carbonyl (C=O) groups excluding carboxylic acids is 1. The molecule has 1 aromatic carbocycles. The van der Waals surface area contributed by atoms with Crippen LogP contribution in [0.25, 0.3) is 10.1 Å². The Morgan fingerprint density at radius 3 is 2.70 bits per heavy atom. The highest BCUT2D eigenvalue weighted by Crippen LogP contribution is 2.25. The van der Waals surface area contributed by atoms with Crippen molar-refractivity contribution in [3.63, 3.8) is 0 Å². The van der Waals surface area contributed by atoms with Crippen LogP contribution in [-0.2, 0) is 0 Å². The van der Waals surface area contributed by atoms with Gasteiger partial charge in [0.1, 0.15) is 0 Å². The third-order valence-electron chi connectivity index (χ3n) is 4.05. The van der Waals surface area contributed by atoms with Crippen molar-refractivity contribution in [1.82, 2.24) is 10.2 Å². The molecule has 1 aliphatic rings. The number of benzene rings is 1. The number of hydrogen-bond donors (Lipinski definition) is 1. The average molecular weight is 342 g/mol. The molecule has 2 aromatic rings. The molecule has 1 amide bonds. The highest BCUT2D eigenvalue weighted by atomic mass is 32.1. The van der Waals surface area contributed by atoms with E-state index in [-0.39, 0.29) is 11.9 Å². The van der Waals surface area contributed by atoms with Gasteiger partial charge in [-0.1, -0.05) is 12.1 Å². The molecule has 0 atom stereocenters. The zero-order valence-electron chi connectivity index (χ0n) is 12.4. The van der Waals surface area contributed by atoms with E-state index in [1.807, 2.05) is 23.6 Å². The normalized spacial score (nSPS) is 17.5. The smallest absolute Gasteiger partial charge is 0.349 e. The maximum Gasteiger partial charge on any atom is 0.401 e. The Hall–Kier alpha value is -1.60. The van der Waals surface area contributed by atoms with E-state index in [1.165, 1.54) is 16.2 Å². The Bertz CT molecular complexity index is 690. The molecule has 0 radical (unpaired) electrons. The van der Waals surface area contributed by atoms with E-state index in [9.17, 15) is 18.0 Å². The quantitative estimate of drug-likeness (QED) is 0.923. The monoisotopic (exact) mass is 342 g/mol. The van der Waals surface area contributed by atoms with Crippen LogP contribution in [0.2, 0.25) is 0 Å². The maximum atomic E-state index is 12.4. The molecule has 0 aliphatic carbocycles. The molecule has 1 fully saturated rings. The van der Waals surface area contributed by atoms with Crippen molar-refractivity contribution < 1.29 is 18.0 Å². The molecule has 0 spiro atoms. The summed E-state index contributed by atoms with van der Waals surface area (Å²) in [5.74, 6) is -0.146. The summed E-state index contributed by atoms with van der Waals surface area (Å²) in [6, 6.07) is 7.48. The van der Waals surface area contributed by atoms with Crippen LogP contribution in [0.15, 0.2) is 29.6 Å². The van der Waals surface area contributed by atoms with Crippen LogP contribution in [0, 0.1) is 0 Å². The largest absolute Gasteiger partial charge is 0.401 e. The van der Waals surface area contributed by atoms with Gasteiger partial charge in [0.25, 0.3) is 5.91 Å². The number of piperidine rings is 1. The Morgan fingerprint density at radius 2 is 2.00 bits per heavy atom. The number of alkyl halides is 3. The zero-order valence-corrected chi connectivity index (χ0v) is 13.2. The van der Waals surface area contributed by atoms with Gasteiger partial charge < -0.3 is 5.32 Å². The van der Waals surface area contributed by atoms with Gasteiger partial charge in [0, 0.05) is 23.8 Å².